The summed E-state index contributed by atoms with van der Waals surface area (Å²) in [5.74, 6) is -0.341. The summed E-state index contributed by atoms with van der Waals surface area (Å²) in [6.45, 7) is 3.29. The van der Waals surface area contributed by atoms with Crippen molar-refractivity contribution in [1.29, 1.82) is 0 Å². The molecule has 1 saturated heterocycles. The number of hydrogen-bond acceptors (Lipinski definition) is 4. The van der Waals surface area contributed by atoms with Gasteiger partial charge in [-0.1, -0.05) is 30.3 Å². The molecule has 0 radical (unpaired) electrons. The topological polar surface area (TPSA) is 78.6 Å². The van der Waals surface area contributed by atoms with E-state index in [9.17, 15) is 4.79 Å². The van der Waals surface area contributed by atoms with Crippen molar-refractivity contribution in [3.05, 3.63) is 35.9 Å². The van der Waals surface area contributed by atoms with E-state index in [1.54, 1.807) is 5.48 Å². The van der Waals surface area contributed by atoms with E-state index < -0.39 is 0 Å². The molecule has 0 bridgehead atoms. The summed E-state index contributed by atoms with van der Waals surface area (Å²) in [5.41, 5.74) is 8.71. The number of rotatable bonds is 5. The zero-order valence-corrected chi connectivity index (χ0v) is 11.7. The van der Waals surface area contributed by atoms with E-state index in [1.165, 1.54) is 5.56 Å². The molecule has 110 valence electrons. The summed E-state index contributed by atoms with van der Waals surface area (Å²) in [6.07, 6.45) is 2.09. The van der Waals surface area contributed by atoms with Crippen LogP contribution in [-0.2, 0) is 11.3 Å². The molecular weight excluding hydrogens is 254 g/mol. The lowest BCUT2D eigenvalue weighted by Gasteiger charge is -2.40. The molecule has 0 aliphatic carbocycles. The Kier molecular flexibility index (Phi) is 5.11. The van der Waals surface area contributed by atoms with Gasteiger partial charge >= 0.3 is 0 Å². The number of piperidine rings is 1. The molecule has 1 aromatic rings. The van der Waals surface area contributed by atoms with Crippen LogP contribution in [0.4, 0.5) is 0 Å². The maximum Gasteiger partial charge on any atom is 0.243 e. The van der Waals surface area contributed by atoms with Crippen molar-refractivity contribution in [1.82, 2.24) is 10.4 Å². The van der Waals surface area contributed by atoms with E-state index in [2.05, 4.69) is 29.2 Å². The Morgan fingerprint density at radius 2 is 1.95 bits per heavy atom. The molecule has 1 aliphatic heterocycles. The Hall–Kier alpha value is -1.43. The molecular formula is C15H23N3O2. The van der Waals surface area contributed by atoms with Crippen LogP contribution in [0.15, 0.2) is 30.3 Å². The van der Waals surface area contributed by atoms with Gasteiger partial charge in [-0.2, -0.15) is 0 Å². The number of benzene rings is 1. The molecule has 5 nitrogen and oxygen atoms in total. The second-order valence-corrected chi connectivity index (χ2v) is 5.68. The minimum Gasteiger partial charge on any atom is -0.330 e. The van der Waals surface area contributed by atoms with E-state index in [-0.39, 0.29) is 11.3 Å². The highest BCUT2D eigenvalue weighted by atomic mass is 16.5. The summed E-state index contributed by atoms with van der Waals surface area (Å²) in [7, 11) is 0. The first-order valence-corrected chi connectivity index (χ1v) is 7.07. The van der Waals surface area contributed by atoms with Gasteiger partial charge in [-0.15, -0.1) is 0 Å². The van der Waals surface area contributed by atoms with Crippen molar-refractivity contribution >= 4 is 5.91 Å². The minimum atomic E-state index is -0.341. The molecule has 1 aromatic carbocycles. The van der Waals surface area contributed by atoms with Gasteiger partial charge in [0, 0.05) is 13.0 Å². The number of hydroxylamine groups is 1. The Bertz CT molecular complexity index is 428. The Morgan fingerprint density at radius 3 is 2.50 bits per heavy atom. The van der Waals surface area contributed by atoms with Crippen LogP contribution in [0, 0.1) is 5.41 Å². The number of nitrogens with zero attached hydrogens (tertiary/aromatic N) is 1. The fourth-order valence-electron chi connectivity index (χ4n) is 2.86. The van der Waals surface area contributed by atoms with Crippen LogP contribution in [0.2, 0.25) is 0 Å². The maximum atomic E-state index is 11.4. The highest BCUT2D eigenvalue weighted by Gasteiger charge is 2.35. The van der Waals surface area contributed by atoms with Gasteiger partial charge in [-0.05, 0) is 43.5 Å². The number of hydrogen-bond donors (Lipinski definition) is 3. The standard InChI is InChI=1S/C15H23N3O2/c16-12-15(10-14(19)17-20)6-8-18(9-7-15)11-13-4-2-1-3-5-13/h1-5,20H,6-12,16H2,(H,17,19). The van der Waals surface area contributed by atoms with Gasteiger partial charge in [0.1, 0.15) is 0 Å². The predicted octanol–water partition coefficient (Wildman–Crippen LogP) is 1.12. The maximum absolute atomic E-state index is 11.4. The number of carbonyl (C=O) groups is 1. The van der Waals surface area contributed by atoms with E-state index in [0.29, 0.717) is 13.0 Å². The Morgan fingerprint density at radius 1 is 1.30 bits per heavy atom. The van der Waals surface area contributed by atoms with E-state index >= 15 is 0 Å². The summed E-state index contributed by atoms with van der Waals surface area (Å²) in [6, 6.07) is 10.4. The average Bonchev–Trinajstić information content (AvgIpc) is 2.50. The molecule has 1 amide bonds. The molecule has 0 aromatic heterocycles. The van der Waals surface area contributed by atoms with Gasteiger partial charge < -0.3 is 5.73 Å². The average molecular weight is 277 g/mol. The van der Waals surface area contributed by atoms with E-state index in [0.717, 1.165) is 32.5 Å². The van der Waals surface area contributed by atoms with Crippen LogP contribution in [0.3, 0.4) is 0 Å². The van der Waals surface area contributed by atoms with Gasteiger partial charge in [-0.25, -0.2) is 5.48 Å². The molecule has 5 heteroatoms. The van der Waals surface area contributed by atoms with Crippen molar-refractivity contribution in [3.8, 4) is 0 Å². The predicted molar refractivity (Wildman–Crippen MR) is 77.0 cm³/mol. The molecule has 1 fully saturated rings. The quantitative estimate of drug-likeness (QED) is 0.557. The molecule has 1 heterocycles. The van der Waals surface area contributed by atoms with Gasteiger partial charge in [0.15, 0.2) is 0 Å². The van der Waals surface area contributed by atoms with E-state index in [1.807, 2.05) is 6.07 Å². The summed E-state index contributed by atoms with van der Waals surface area (Å²) in [5, 5.41) is 8.67. The number of nitrogens with one attached hydrogen (secondary N) is 1. The zero-order chi connectivity index (χ0) is 14.4. The van der Waals surface area contributed by atoms with Gasteiger partial charge in [-0.3, -0.25) is 14.9 Å². The van der Waals surface area contributed by atoms with Crippen molar-refractivity contribution < 1.29 is 10.0 Å². The second-order valence-electron chi connectivity index (χ2n) is 5.68. The van der Waals surface area contributed by atoms with Crippen LogP contribution >= 0.6 is 0 Å². The van der Waals surface area contributed by atoms with Crippen LogP contribution in [-0.4, -0.2) is 35.6 Å². The third-order valence-electron chi connectivity index (χ3n) is 4.26. The summed E-state index contributed by atoms with van der Waals surface area (Å²) < 4.78 is 0. The number of carbonyl (C=O) groups excluding carboxylic acids is 1. The van der Waals surface area contributed by atoms with Crippen molar-refractivity contribution in [2.45, 2.75) is 25.8 Å². The van der Waals surface area contributed by atoms with Gasteiger partial charge in [0.25, 0.3) is 0 Å². The normalized spacial score (nSPS) is 18.7. The van der Waals surface area contributed by atoms with Gasteiger partial charge in [0.05, 0.1) is 0 Å². The lowest BCUT2D eigenvalue weighted by Crippen LogP contribution is -2.45. The molecule has 4 N–H and O–H groups in total. The highest BCUT2D eigenvalue weighted by Crippen LogP contribution is 2.34. The summed E-state index contributed by atoms with van der Waals surface area (Å²) in [4.78, 5) is 13.8. The lowest BCUT2D eigenvalue weighted by atomic mass is 9.75. The number of amides is 1. The zero-order valence-electron chi connectivity index (χ0n) is 11.7. The van der Waals surface area contributed by atoms with Crippen LogP contribution in [0.25, 0.3) is 0 Å². The van der Waals surface area contributed by atoms with E-state index in [4.69, 9.17) is 10.9 Å². The SMILES string of the molecule is NCC1(CC(=O)NO)CCN(Cc2ccccc2)CC1. The fourth-order valence-corrected chi connectivity index (χ4v) is 2.86. The fraction of sp³-hybridized carbons (Fsp3) is 0.533. The molecule has 20 heavy (non-hydrogen) atoms. The third kappa shape index (κ3) is 3.79. The van der Waals surface area contributed by atoms with Crippen molar-refractivity contribution in [3.63, 3.8) is 0 Å². The number of nitrogens with two attached hydrogens (primary N) is 1. The largest absolute Gasteiger partial charge is 0.330 e. The molecule has 0 unspecified atom stereocenters. The first kappa shape index (κ1) is 15.0. The van der Waals surface area contributed by atoms with Gasteiger partial charge in [0.2, 0.25) is 5.91 Å². The lowest BCUT2D eigenvalue weighted by molar-refractivity contribution is -0.132. The smallest absolute Gasteiger partial charge is 0.243 e. The molecule has 0 atom stereocenters. The molecule has 2 rings (SSSR count). The summed E-state index contributed by atoms with van der Waals surface area (Å²) >= 11 is 0. The Labute approximate surface area is 119 Å². The molecule has 0 spiro atoms. The monoisotopic (exact) mass is 277 g/mol. The van der Waals surface area contributed by atoms with Crippen LogP contribution < -0.4 is 11.2 Å². The number of likely N-dealkylation sites (tertiary alicyclic amines) is 1. The minimum absolute atomic E-state index is 0.167. The first-order valence-electron chi connectivity index (χ1n) is 7.07. The highest BCUT2D eigenvalue weighted by molar-refractivity contribution is 5.75. The first-order chi connectivity index (χ1) is 9.67. The third-order valence-corrected chi connectivity index (χ3v) is 4.26. The van der Waals surface area contributed by atoms with Crippen molar-refractivity contribution in [2.75, 3.05) is 19.6 Å². The van der Waals surface area contributed by atoms with Crippen LogP contribution in [0.1, 0.15) is 24.8 Å². The van der Waals surface area contributed by atoms with Crippen molar-refractivity contribution in [2.24, 2.45) is 11.1 Å². The molecule has 0 saturated carbocycles. The molecule has 1 aliphatic rings. The second kappa shape index (κ2) is 6.83. The Balaban J connectivity index is 1.89. The van der Waals surface area contributed by atoms with Crippen LogP contribution in [0.5, 0.6) is 0 Å².